The lowest BCUT2D eigenvalue weighted by molar-refractivity contribution is -0.129. The summed E-state index contributed by atoms with van der Waals surface area (Å²) in [7, 11) is 0. The Bertz CT molecular complexity index is 532. The zero-order valence-corrected chi connectivity index (χ0v) is 11.4. The molecule has 5 nitrogen and oxygen atoms in total. The number of hydrogen-bond donors (Lipinski definition) is 2. The molecule has 20 heavy (non-hydrogen) atoms. The van der Waals surface area contributed by atoms with Crippen LogP contribution in [0.15, 0.2) is 24.3 Å². The van der Waals surface area contributed by atoms with Gasteiger partial charge in [0.25, 0.3) is 5.91 Å². The molecule has 1 atom stereocenters. The van der Waals surface area contributed by atoms with E-state index in [1.807, 2.05) is 6.07 Å². The molecule has 0 spiro atoms. The van der Waals surface area contributed by atoms with Crippen LogP contribution < -0.4 is 10.1 Å². The minimum absolute atomic E-state index is 0.262. The fourth-order valence-corrected chi connectivity index (χ4v) is 2.05. The molecule has 1 aliphatic carbocycles. The van der Waals surface area contributed by atoms with E-state index < -0.39 is 11.7 Å². The van der Waals surface area contributed by atoms with Gasteiger partial charge in [0.05, 0.1) is 17.2 Å². The van der Waals surface area contributed by atoms with Crippen LogP contribution in [0.4, 0.5) is 0 Å². The van der Waals surface area contributed by atoms with Crippen LogP contribution in [0.2, 0.25) is 0 Å². The number of nitriles is 1. The zero-order chi connectivity index (χ0) is 14.6. The van der Waals surface area contributed by atoms with Gasteiger partial charge >= 0.3 is 0 Å². The van der Waals surface area contributed by atoms with Gasteiger partial charge in [-0.15, -0.1) is 0 Å². The highest BCUT2D eigenvalue weighted by atomic mass is 16.5. The number of aliphatic hydroxyl groups is 1. The van der Waals surface area contributed by atoms with Gasteiger partial charge in [0.2, 0.25) is 0 Å². The van der Waals surface area contributed by atoms with Crippen molar-refractivity contribution in [1.29, 1.82) is 5.26 Å². The predicted molar refractivity (Wildman–Crippen MR) is 73.1 cm³/mol. The van der Waals surface area contributed by atoms with Crippen LogP contribution in [-0.4, -0.2) is 29.3 Å². The molecule has 1 aromatic carbocycles. The van der Waals surface area contributed by atoms with Gasteiger partial charge < -0.3 is 15.2 Å². The summed E-state index contributed by atoms with van der Waals surface area (Å²) >= 11 is 0. The fourth-order valence-electron chi connectivity index (χ4n) is 2.05. The first kappa shape index (κ1) is 14.4. The maximum atomic E-state index is 11.9. The van der Waals surface area contributed by atoms with E-state index in [4.69, 9.17) is 10.00 Å². The highest BCUT2D eigenvalue weighted by molar-refractivity contribution is 5.80. The molecular weight excluding hydrogens is 256 g/mol. The van der Waals surface area contributed by atoms with E-state index >= 15 is 0 Å². The van der Waals surface area contributed by atoms with E-state index in [-0.39, 0.29) is 12.5 Å². The van der Waals surface area contributed by atoms with Gasteiger partial charge in [-0.2, -0.15) is 5.26 Å². The van der Waals surface area contributed by atoms with Crippen molar-refractivity contribution < 1.29 is 14.6 Å². The molecule has 2 N–H and O–H groups in total. The largest absolute Gasteiger partial charge is 0.481 e. The number of nitrogens with one attached hydrogen (secondary N) is 1. The predicted octanol–water partition coefficient (Wildman–Crippen LogP) is 1.36. The van der Waals surface area contributed by atoms with Crippen LogP contribution in [0.3, 0.4) is 0 Å². The maximum Gasteiger partial charge on any atom is 0.260 e. The highest BCUT2D eigenvalue weighted by Gasteiger charge is 2.34. The lowest BCUT2D eigenvalue weighted by Gasteiger charge is -2.36. The van der Waals surface area contributed by atoms with Crippen molar-refractivity contribution in [3.63, 3.8) is 0 Å². The van der Waals surface area contributed by atoms with Gasteiger partial charge in [-0.1, -0.05) is 6.07 Å². The summed E-state index contributed by atoms with van der Waals surface area (Å²) < 4.78 is 5.49. The first-order valence-corrected chi connectivity index (χ1v) is 6.69. The second-order valence-corrected chi connectivity index (χ2v) is 5.20. The standard InChI is InChI=1S/C15H18N2O3/c1-11(14(18)17-10-15(19)6-3-7-15)20-13-5-2-4-12(8-13)9-16/h2,4-5,8,11,19H,3,6-7,10H2,1H3,(H,17,18). The minimum atomic E-state index is -0.740. The molecule has 106 valence electrons. The Kier molecular flexibility index (Phi) is 4.26. The third-order valence-corrected chi connectivity index (χ3v) is 3.52. The molecule has 0 radical (unpaired) electrons. The van der Waals surface area contributed by atoms with Gasteiger partial charge in [0, 0.05) is 6.54 Å². The topological polar surface area (TPSA) is 82.3 Å². The Hall–Kier alpha value is -2.06. The summed E-state index contributed by atoms with van der Waals surface area (Å²) in [5.41, 5.74) is -0.255. The number of carbonyl (C=O) groups is 1. The number of nitrogens with zero attached hydrogens (tertiary/aromatic N) is 1. The van der Waals surface area contributed by atoms with E-state index in [1.165, 1.54) is 0 Å². The molecule has 0 saturated heterocycles. The van der Waals surface area contributed by atoms with Crippen molar-refractivity contribution in [3.8, 4) is 11.8 Å². The Morgan fingerprint density at radius 1 is 1.60 bits per heavy atom. The normalized spacial score (nSPS) is 17.4. The molecule has 1 amide bonds. The van der Waals surface area contributed by atoms with E-state index in [1.54, 1.807) is 31.2 Å². The molecule has 1 saturated carbocycles. The van der Waals surface area contributed by atoms with Crippen molar-refractivity contribution in [2.45, 2.75) is 37.9 Å². The fraction of sp³-hybridized carbons (Fsp3) is 0.467. The molecule has 2 rings (SSSR count). The molecule has 0 bridgehead atoms. The summed E-state index contributed by atoms with van der Waals surface area (Å²) in [4.78, 5) is 11.9. The number of hydrogen-bond acceptors (Lipinski definition) is 4. The summed E-state index contributed by atoms with van der Waals surface area (Å²) in [5, 5.41) is 21.4. The Balaban J connectivity index is 1.85. The van der Waals surface area contributed by atoms with Crippen LogP contribution in [0.25, 0.3) is 0 Å². The number of benzene rings is 1. The van der Waals surface area contributed by atoms with Crippen LogP contribution in [-0.2, 0) is 4.79 Å². The van der Waals surface area contributed by atoms with E-state index in [0.717, 1.165) is 19.3 Å². The van der Waals surface area contributed by atoms with E-state index in [0.29, 0.717) is 11.3 Å². The zero-order valence-electron chi connectivity index (χ0n) is 11.4. The molecule has 5 heteroatoms. The van der Waals surface area contributed by atoms with Crippen molar-refractivity contribution >= 4 is 5.91 Å². The summed E-state index contributed by atoms with van der Waals surface area (Å²) in [6.45, 7) is 1.90. The second-order valence-electron chi connectivity index (χ2n) is 5.20. The Morgan fingerprint density at radius 2 is 2.35 bits per heavy atom. The molecule has 0 aromatic heterocycles. The number of amides is 1. The third-order valence-electron chi connectivity index (χ3n) is 3.52. The first-order valence-electron chi connectivity index (χ1n) is 6.69. The van der Waals surface area contributed by atoms with Crippen LogP contribution >= 0.6 is 0 Å². The lowest BCUT2D eigenvalue weighted by Crippen LogP contribution is -2.50. The smallest absolute Gasteiger partial charge is 0.260 e. The van der Waals surface area contributed by atoms with Gasteiger partial charge in [0.1, 0.15) is 5.75 Å². The molecule has 0 heterocycles. The quantitative estimate of drug-likeness (QED) is 0.849. The Morgan fingerprint density at radius 3 is 2.95 bits per heavy atom. The average Bonchev–Trinajstić information content (AvgIpc) is 2.42. The average molecular weight is 274 g/mol. The first-order chi connectivity index (χ1) is 9.52. The third kappa shape index (κ3) is 3.49. The second kappa shape index (κ2) is 5.93. The van der Waals surface area contributed by atoms with E-state index in [9.17, 15) is 9.90 Å². The van der Waals surface area contributed by atoms with Gasteiger partial charge in [-0.05, 0) is 44.4 Å². The number of rotatable bonds is 5. The lowest BCUT2D eigenvalue weighted by atomic mass is 9.80. The highest BCUT2D eigenvalue weighted by Crippen LogP contribution is 2.30. The minimum Gasteiger partial charge on any atom is -0.481 e. The molecule has 1 fully saturated rings. The van der Waals surface area contributed by atoms with Crippen LogP contribution in [0.1, 0.15) is 31.7 Å². The molecule has 1 aliphatic rings. The Labute approximate surface area is 118 Å². The van der Waals surface area contributed by atoms with Gasteiger partial charge in [-0.25, -0.2) is 0 Å². The number of ether oxygens (including phenoxy) is 1. The monoisotopic (exact) mass is 274 g/mol. The SMILES string of the molecule is CC(Oc1cccc(C#N)c1)C(=O)NCC1(O)CCC1. The molecule has 1 aromatic rings. The van der Waals surface area contributed by atoms with E-state index in [2.05, 4.69) is 5.32 Å². The maximum absolute atomic E-state index is 11.9. The molecular formula is C15H18N2O3. The number of carbonyl (C=O) groups excluding carboxylic acids is 1. The van der Waals surface area contributed by atoms with Crippen molar-refractivity contribution in [2.24, 2.45) is 0 Å². The summed E-state index contributed by atoms with van der Waals surface area (Å²) in [6.07, 6.45) is 1.78. The van der Waals surface area contributed by atoms with Crippen molar-refractivity contribution in [3.05, 3.63) is 29.8 Å². The molecule has 0 aliphatic heterocycles. The van der Waals surface area contributed by atoms with Crippen molar-refractivity contribution in [1.82, 2.24) is 5.32 Å². The van der Waals surface area contributed by atoms with Crippen LogP contribution in [0, 0.1) is 11.3 Å². The van der Waals surface area contributed by atoms with Crippen molar-refractivity contribution in [2.75, 3.05) is 6.54 Å². The van der Waals surface area contributed by atoms with Gasteiger partial charge in [-0.3, -0.25) is 4.79 Å². The van der Waals surface area contributed by atoms with Gasteiger partial charge in [0.15, 0.2) is 6.10 Å². The summed E-state index contributed by atoms with van der Waals surface area (Å²) in [6, 6.07) is 8.68. The molecule has 1 unspecified atom stereocenters. The summed E-state index contributed by atoms with van der Waals surface area (Å²) in [5.74, 6) is 0.210. The van der Waals surface area contributed by atoms with Crippen LogP contribution in [0.5, 0.6) is 5.75 Å².